The highest BCUT2D eigenvalue weighted by Gasteiger charge is 2.14. The minimum absolute atomic E-state index is 1.13. The summed E-state index contributed by atoms with van der Waals surface area (Å²) in [6.07, 6.45) is 0. The number of nitrogens with zero attached hydrogens (tertiary/aromatic N) is 2. The highest BCUT2D eigenvalue weighted by atomic mass is 15.1. The minimum Gasteiger partial charge on any atom is -0.311 e. The van der Waals surface area contributed by atoms with Crippen LogP contribution >= 0.6 is 0 Å². The summed E-state index contributed by atoms with van der Waals surface area (Å²) in [7, 11) is 0. The van der Waals surface area contributed by atoms with E-state index in [-0.39, 0.29) is 0 Å². The molecular weight excluding hydrogens is 508 g/mol. The molecule has 6 aromatic carbocycles. The van der Waals surface area contributed by atoms with Crippen molar-refractivity contribution in [1.82, 2.24) is 0 Å². The van der Waals surface area contributed by atoms with Gasteiger partial charge in [0.15, 0.2) is 0 Å². The minimum atomic E-state index is 1.13. The first-order valence-corrected chi connectivity index (χ1v) is 14.5. The number of rotatable bonds is 7. The Labute approximate surface area is 250 Å². The molecule has 0 aliphatic rings. The average molecular weight is 545 g/mol. The van der Waals surface area contributed by atoms with E-state index in [1.165, 1.54) is 33.4 Å². The monoisotopic (exact) mass is 544 g/mol. The summed E-state index contributed by atoms with van der Waals surface area (Å²) >= 11 is 0. The van der Waals surface area contributed by atoms with E-state index in [2.05, 4.69) is 183 Å². The Morgan fingerprint density at radius 2 is 0.405 bits per heavy atom. The van der Waals surface area contributed by atoms with Gasteiger partial charge in [-0.1, -0.05) is 95.1 Å². The second-order valence-electron chi connectivity index (χ2n) is 11.1. The van der Waals surface area contributed by atoms with E-state index >= 15 is 0 Å². The van der Waals surface area contributed by atoms with Crippen LogP contribution in [0.1, 0.15) is 22.3 Å². The van der Waals surface area contributed by atoms with Crippen molar-refractivity contribution in [3.8, 4) is 11.1 Å². The lowest BCUT2D eigenvalue weighted by molar-refractivity contribution is 1.26. The maximum Gasteiger partial charge on any atom is 0.0462 e. The van der Waals surface area contributed by atoms with E-state index in [9.17, 15) is 0 Å². The Morgan fingerprint density at radius 3 is 0.595 bits per heavy atom. The number of hydrogen-bond donors (Lipinski definition) is 0. The van der Waals surface area contributed by atoms with Crippen LogP contribution in [0, 0.1) is 27.7 Å². The molecule has 0 atom stereocenters. The summed E-state index contributed by atoms with van der Waals surface area (Å²) in [6.45, 7) is 8.50. The molecule has 2 heteroatoms. The highest BCUT2D eigenvalue weighted by molar-refractivity contribution is 5.80. The summed E-state index contributed by atoms with van der Waals surface area (Å²) in [6, 6.07) is 52.6. The smallest absolute Gasteiger partial charge is 0.0462 e. The van der Waals surface area contributed by atoms with Gasteiger partial charge in [-0.3, -0.25) is 0 Å². The van der Waals surface area contributed by atoms with E-state index in [1.54, 1.807) is 0 Å². The van der Waals surface area contributed by atoms with E-state index in [1.807, 2.05) is 0 Å². The van der Waals surface area contributed by atoms with Crippen molar-refractivity contribution in [1.29, 1.82) is 0 Å². The summed E-state index contributed by atoms with van der Waals surface area (Å²) in [5.74, 6) is 0. The Balaban J connectivity index is 1.31. The van der Waals surface area contributed by atoms with Crippen molar-refractivity contribution in [2.45, 2.75) is 27.7 Å². The average Bonchev–Trinajstić information content (AvgIpc) is 3.02. The van der Waals surface area contributed by atoms with Gasteiger partial charge in [0.05, 0.1) is 0 Å². The van der Waals surface area contributed by atoms with Crippen LogP contribution in [-0.4, -0.2) is 0 Å². The third-order valence-corrected chi connectivity index (χ3v) is 7.75. The normalized spacial score (nSPS) is 10.9. The van der Waals surface area contributed by atoms with Gasteiger partial charge in [-0.15, -0.1) is 0 Å². The second kappa shape index (κ2) is 11.8. The Morgan fingerprint density at radius 1 is 0.238 bits per heavy atom. The number of hydrogen-bond acceptors (Lipinski definition) is 2. The fourth-order valence-electron chi connectivity index (χ4n) is 5.28. The largest absolute Gasteiger partial charge is 0.311 e. The quantitative estimate of drug-likeness (QED) is 0.197. The summed E-state index contributed by atoms with van der Waals surface area (Å²) in [4.78, 5) is 4.62. The highest BCUT2D eigenvalue weighted by Crippen LogP contribution is 2.38. The SMILES string of the molecule is Cc1ccc(N(c2ccc(C)cc2)c2ccc(-c3ccc(N(c4ccc(C)cc4)c4ccc(C)cc4)cc3)cc2)cc1. The summed E-state index contributed by atoms with van der Waals surface area (Å²) in [5, 5.41) is 0. The Hall–Kier alpha value is -5.08. The van der Waals surface area contributed by atoms with Gasteiger partial charge >= 0.3 is 0 Å². The van der Waals surface area contributed by atoms with Crippen molar-refractivity contribution < 1.29 is 0 Å². The van der Waals surface area contributed by atoms with Crippen molar-refractivity contribution in [2.24, 2.45) is 0 Å². The van der Waals surface area contributed by atoms with Crippen molar-refractivity contribution in [2.75, 3.05) is 9.80 Å². The van der Waals surface area contributed by atoms with Crippen LogP contribution in [0.25, 0.3) is 11.1 Å². The molecule has 0 aliphatic carbocycles. The van der Waals surface area contributed by atoms with Crippen LogP contribution in [0.2, 0.25) is 0 Å². The first-order chi connectivity index (χ1) is 20.4. The van der Waals surface area contributed by atoms with Gasteiger partial charge in [0.2, 0.25) is 0 Å². The van der Waals surface area contributed by atoms with Crippen LogP contribution in [0.3, 0.4) is 0 Å². The molecule has 0 fully saturated rings. The predicted molar refractivity (Wildman–Crippen MR) is 180 cm³/mol. The van der Waals surface area contributed by atoms with Gasteiger partial charge in [0.25, 0.3) is 0 Å². The fourth-order valence-corrected chi connectivity index (χ4v) is 5.28. The number of anilines is 6. The zero-order valence-corrected chi connectivity index (χ0v) is 24.8. The molecule has 6 rings (SSSR count). The van der Waals surface area contributed by atoms with Gasteiger partial charge in [-0.2, -0.15) is 0 Å². The molecule has 0 radical (unpaired) electrons. The van der Waals surface area contributed by atoms with Gasteiger partial charge in [0, 0.05) is 34.1 Å². The lowest BCUT2D eigenvalue weighted by Crippen LogP contribution is -2.10. The molecule has 0 saturated carbocycles. The third-order valence-electron chi connectivity index (χ3n) is 7.75. The maximum absolute atomic E-state index is 2.31. The molecule has 0 heterocycles. The fraction of sp³-hybridized carbons (Fsp3) is 0.100. The van der Waals surface area contributed by atoms with Crippen LogP contribution in [0.15, 0.2) is 146 Å². The predicted octanol–water partition coefficient (Wildman–Crippen LogP) is 11.5. The summed E-state index contributed by atoms with van der Waals surface area (Å²) in [5.41, 5.74) is 14.3. The zero-order chi connectivity index (χ0) is 29.1. The first-order valence-electron chi connectivity index (χ1n) is 14.5. The topological polar surface area (TPSA) is 6.48 Å². The van der Waals surface area contributed by atoms with Crippen molar-refractivity contribution >= 4 is 34.1 Å². The number of aryl methyl sites for hydroxylation is 4. The van der Waals surface area contributed by atoms with Crippen LogP contribution in [0.4, 0.5) is 34.1 Å². The molecule has 0 N–H and O–H groups in total. The van der Waals surface area contributed by atoms with Crippen LogP contribution in [0.5, 0.6) is 0 Å². The lowest BCUT2D eigenvalue weighted by atomic mass is 10.0. The molecule has 206 valence electrons. The van der Waals surface area contributed by atoms with Crippen LogP contribution in [-0.2, 0) is 0 Å². The molecule has 0 unspecified atom stereocenters. The first kappa shape index (κ1) is 27.1. The van der Waals surface area contributed by atoms with Crippen molar-refractivity contribution in [3.63, 3.8) is 0 Å². The molecule has 0 spiro atoms. The van der Waals surface area contributed by atoms with E-state index < -0.39 is 0 Å². The standard InChI is InChI=1S/C40H36N2/c1-29-5-17-35(18-6-29)41(36-19-7-30(2)8-20-36)39-25-13-33(14-26-39)34-15-27-40(28-16-34)42(37-21-9-31(3)10-22-37)38-23-11-32(4)12-24-38/h5-28H,1-4H3. The molecule has 2 nitrogen and oxygen atoms in total. The Kier molecular flexibility index (Phi) is 7.62. The van der Waals surface area contributed by atoms with Gasteiger partial charge in [0.1, 0.15) is 0 Å². The van der Waals surface area contributed by atoms with E-state index in [4.69, 9.17) is 0 Å². The second-order valence-corrected chi connectivity index (χ2v) is 11.1. The number of benzene rings is 6. The van der Waals surface area contributed by atoms with Gasteiger partial charge in [-0.25, -0.2) is 0 Å². The molecule has 42 heavy (non-hydrogen) atoms. The van der Waals surface area contributed by atoms with Gasteiger partial charge < -0.3 is 9.80 Å². The molecule has 0 bridgehead atoms. The molecule has 0 amide bonds. The molecule has 0 aromatic heterocycles. The zero-order valence-electron chi connectivity index (χ0n) is 24.8. The summed E-state index contributed by atoms with van der Waals surface area (Å²) < 4.78 is 0. The maximum atomic E-state index is 2.31. The lowest BCUT2D eigenvalue weighted by Gasteiger charge is -2.26. The van der Waals surface area contributed by atoms with Crippen LogP contribution < -0.4 is 9.80 Å². The molecule has 6 aromatic rings. The molecule has 0 aliphatic heterocycles. The van der Waals surface area contributed by atoms with E-state index in [0.717, 1.165) is 34.1 Å². The van der Waals surface area contributed by atoms with E-state index in [0.29, 0.717) is 0 Å². The molecular formula is C40H36N2. The third kappa shape index (κ3) is 5.84. The van der Waals surface area contributed by atoms with Crippen molar-refractivity contribution in [3.05, 3.63) is 168 Å². The van der Waals surface area contributed by atoms with Gasteiger partial charge in [-0.05, 0) is 112 Å². The Bertz CT molecular complexity index is 1520. The molecule has 0 saturated heterocycles.